The number of hydrogen-bond donors (Lipinski definition) is 2. The van der Waals surface area contributed by atoms with Crippen LogP contribution in [0, 0.1) is 20.8 Å². The highest BCUT2D eigenvalue weighted by Gasteiger charge is 2.03. The Kier molecular flexibility index (Phi) is 4.24. The van der Waals surface area contributed by atoms with Crippen molar-refractivity contribution in [2.75, 3.05) is 10.6 Å². The second-order valence-corrected chi connectivity index (χ2v) is 5.70. The van der Waals surface area contributed by atoms with Gasteiger partial charge >= 0.3 is 0 Å². The lowest BCUT2D eigenvalue weighted by molar-refractivity contribution is 1.11. The van der Waals surface area contributed by atoms with E-state index < -0.39 is 0 Å². The lowest BCUT2D eigenvalue weighted by Gasteiger charge is -2.10. The Bertz CT molecular complexity index is 727. The van der Waals surface area contributed by atoms with E-state index in [1.54, 1.807) is 0 Å². The van der Waals surface area contributed by atoms with Crippen LogP contribution in [0.2, 0.25) is 0 Å². The number of rotatable bonds is 4. The summed E-state index contributed by atoms with van der Waals surface area (Å²) in [5.41, 5.74) is 5.35. The maximum absolute atomic E-state index is 4.54. The molecule has 116 valence electrons. The van der Waals surface area contributed by atoms with Crippen molar-refractivity contribution < 1.29 is 0 Å². The Morgan fingerprint density at radius 1 is 0.652 bits per heavy atom. The molecule has 1 aromatic heterocycles. The van der Waals surface area contributed by atoms with E-state index in [0.29, 0.717) is 5.95 Å². The molecule has 0 fully saturated rings. The summed E-state index contributed by atoms with van der Waals surface area (Å²) in [7, 11) is 0. The fourth-order valence-corrected chi connectivity index (χ4v) is 2.24. The normalized spacial score (nSPS) is 10.4. The van der Waals surface area contributed by atoms with Gasteiger partial charge in [0.25, 0.3) is 0 Å². The van der Waals surface area contributed by atoms with E-state index in [0.717, 1.165) is 22.9 Å². The van der Waals surface area contributed by atoms with Crippen molar-refractivity contribution in [3.05, 3.63) is 71.4 Å². The number of anilines is 4. The Morgan fingerprint density at radius 3 is 1.74 bits per heavy atom. The SMILES string of the molecule is Cc1ccc(Nc2cc(C)nc(Nc3ccc(C)cc3)n2)cc1. The molecule has 0 bridgehead atoms. The van der Waals surface area contributed by atoms with Crippen LogP contribution in [-0.2, 0) is 0 Å². The summed E-state index contributed by atoms with van der Waals surface area (Å²) in [6.07, 6.45) is 0. The van der Waals surface area contributed by atoms with E-state index in [2.05, 4.69) is 58.7 Å². The quantitative estimate of drug-likeness (QED) is 0.720. The van der Waals surface area contributed by atoms with Crippen molar-refractivity contribution in [1.82, 2.24) is 9.97 Å². The van der Waals surface area contributed by atoms with Gasteiger partial charge in [-0.3, -0.25) is 0 Å². The summed E-state index contributed by atoms with van der Waals surface area (Å²) in [6, 6.07) is 18.3. The molecule has 2 N–H and O–H groups in total. The maximum atomic E-state index is 4.54. The molecular formula is C19H20N4. The predicted molar refractivity (Wildman–Crippen MR) is 95.7 cm³/mol. The molecule has 0 amide bonds. The van der Waals surface area contributed by atoms with Gasteiger partial charge in [0.05, 0.1) is 0 Å². The summed E-state index contributed by atoms with van der Waals surface area (Å²) < 4.78 is 0. The lowest BCUT2D eigenvalue weighted by atomic mass is 10.2. The molecular weight excluding hydrogens is 284 g/mol. The van der Waals surface area contributed by atoms with Crippen molar-refractivity contribution in [3.8, 4) is 0 Å². The number of nitrogens with one attached hydrogen (secondary N) is 2. The number of aryl methyl sites for hydroxylation is 3. The summed E-state index contributed by atoms with van der Waals surface area (Å²) >= 11 is 0. The predicted octanol–water partition coefficient (Wildman–Crippen LogP) is 4.89. The lowest BCUT2D eigenvalue weighted by Crippen LogP contribution is -2.02. The molecule has 0 saturated carbocycles. The molecule has 4 heteroatoms. The summed E-state index contributed by atoms with van der Waals surface area (Å²) in [4.78, 5) is 8.98. The van der Waals surface area contributed by atoms with Crippen LogP contribution in [0.15, 0.2) is 54.6 Å². The minimum absolute atomic E-state index is 0.587. The standard InChI is InChI=1S/C19H20N4/c1-13-4-8-16(9-5-13)21-18-12-15(3)20-19(23-18)22-17-10-6-14(2)7-11-17/h4-12H,1-3H3,(H2,20,21,22,23). The molecule has 4 nitrogen and oxygen atoms in total. The van der Waals surface area contributed by atoms with Gasteiger partial charge in [0.2, 0.25) is 5.95 Å². The first kappa shape index (κ1) is 15.0. The van der Waals surface area contributed by atoms with E-state index in [1.807, 2.05) is 37.3 Å². The van der Waals surface area contributed by atoms with Gasteiger partial charge in [-0.2, -0.15) is 4.98 Å². The van der Waals surface area contributed by atoms with E-state index in [-0.39, 0.29) is 0 Å². The highest BCUT2D eigenvalue weighted by Crippen LogP contribution is 2.19. The Balaban J connectivity index is 1.81. The molecule has 0 radical (unpaired) electrons. The van der Waals surface area contributed by atoms with Crippen LogP contribution >= 0.6 is 0 Å². The molecule has 0 aliphatic heterocycles. The molecule has 0 atom stereocenters. The van der Waals surface area contributed by atoms with Gasteiger partial charge in [-0.15, -0.1) is 0 Å². The fourth-order valence-electron chi connectivity index (χ4n) is 2.24. The van der Waals surface area contributed by atoms with Crippen LogP contribution in [0.25, 0.3) is 0 Å². The fraction of sp³-hybridized carbons (Fsp3) is 0.158. The number of benzene rings is 2. The van der Waals surface area contributed by atoms with Crippen molar-refractivity contribution in [3.63, 3.8) is 0 Å². The second kappa shape index (κ2) is 6.48. The largest absolute Gasteiger partial charge is 0.340 e. The average molecular weight is 304 g/mol. The Labute approximate surface area is 136 Å². The molecule has 2 aromatic carbocycles. The van der Waals surface area contributed by atoms with Gasteiger partial charge in [0, 0.05) is 23.1 Å². The zero-order valence-corrected chi connectivity index (χ0v) is 13.6. The van der Waals surface area contributed by atoms with Gasteiger partial charge < -0.3 is 10.6 Å². The third kappa shape index (κ3) is 4.07. The zero-order valence-electron chi connectivity index (χ0n) is 13.6. The second-order valence-electron chi connectivity index (χ2n) is 5.70. The van der Waals surface area contributed by atoms with Crippen molar-refractivity contribution >= 4 is 23.1 Å². The number of hydrogen-bond acceptors (Lipinski definition) is 4. The Hall–Kier alpha value is -2.88. The van der Waals surface area contributed by atoms with Crippen LogP contribution in [0.5, 0.6) is 0 Å². The van der Waals surface area contributed by atoms with E-state index in [4.69, 9.17) is 0 Å². The van der Waals surface area contributed by atoms with Crippen molar-refractivity contribution in [2.24, 2.45) is 0 Å². The molecule has 3 rings (SSSR count). The van der Waals surface area contributed by atoms with E-state index in [9.17, 15) is 0 Å². The van der Waals surface area contributed by atoms with Gasteiger partial charge in [-0.25, -0.2) is 4.98 Å². The maximum Gasteiger partial charge on any atom is 0.229 e. The molecule has 0 spiro atoms. The number of nitrogens with zero attached hydrogens (tertiary/aromatic N) is 2. The van der Waals surface area contributed by atoms with Crippen LogP contribution in [0.4, 0.5) is 23.1 Å². The van der Waals surface area contributed by atoms with Crippen molar-refractivity contribution in [2.45, 2.75) is 20.8 Å². The summed E-state index contributed by atoms with van der Waals surface area (Å²) in [5, 5.41) is 6.56. The first-order valence-corrected chi connectivity index (χ1v) is 7.61. The Morgan fingerprint density at radius 2 is 1.17 bits per heavy atom. The van der Waals surface area contributed by atoms with E-state index >= 15 is 0 Å². The molecule has 0 aliphatic rings. The minimum Gasteiger partial charge on any atom is -0.340 e. The van der Waals surface area contributed by atoms with Crippen LogP contribution in [0.3, 0.4) is 0 Å². The topological polar surface area (TPSA) is 49.8 Å². The monoisotopic (exact) mass is 304 g/mol. The van der Waals surface area contributed by atoms with Crippen molar-refractivity contribution in [1.29, 1.82) is 0 Å². The number of aromatic nitrogens is 2. The highest BCUT2D eigenvalue weighted by atomic mass is 15.1. The van der Waals surface area contributed by atoms with Gasteiger partial charge in [0.15, 0.2) is 0 Å². The molecule has 0 unspecified atom stereocenters. The van der Waals surface area contributed by atoms with Gasteiger partial charge in [0.1, 0.15) is 5.82 Å². The smallest absolute Gasteiger partial charge is 0.229 e. The minimum atomic E-state index is 0.587. The van der Waals surface area contributed by atoms with E-state index in [1.165, 1.54) is 11.1 Å². The zero-order chi connectivity index (χ0) is 16.2. The average Bonchev–Trinajstić information content (AvgIpc) is 2.51. The van der Waals surface area contributed by atoms with Crippen LogP contribution < -0.4 is 10.6 Å². The van der Waals surface area contributed by atoms with Gasteiger partial charge in [-0.1, -0.05) is 35.4 Å². The highest BCUT2D eigenvalue weighted by molar-refractivity contribution is 5.60. The summed E-state index contributed by atoms with van der Waals surface area (Å²) in [6.45, 7) is 6.10. The third-order valence-electron chi connectivity index (χ3n) is 3.49. The summed E-state index contributed by atoms with van der Waals surface area (Å²) in [5.74, 6) is 1.36. The molecule has 1 heterocycles. The molecule has 23 heavy (non-hydrogen) atoms. The van der Waals surface area contributed by atoms with Gasteiger partial charge in [-0.05, 0) is 45.0 Å². The first-order valence-electron chi connectivity index (χ1n) is 7.61. The molecule has 0 aliphatic carbocycles. The van der Waals surface area contributed by atoms with Crippen LogP contribution in [0.1, 0.15) is 16.8 Å². The first-order chi connectivity index (χ1) is 11.1. The van der Waals surface area contributed by atoms with Crippen LogP contribution in [-0.4, -0.2) is 9.97 Å². The molecule has 3 aromatic rings. The molecule has 0 saturated heterocycles. The third-order valence-corrected chi connectivity index (χ3v) is 3.49.